The summed E-state index contributed by atoms with van der Waals surface area (Å²) in [4.78, 5) is 23.1. The predicted molar refractivity (Wildman–Crippen MR) is 80.9 cm³/mol. The molecule has 7 heteroatoms. The van der Waals surface area contributed by atoms with Crippen molar-refractivity contribution in [3.8, 4) is 0 Å². The molecule has 0 bridgehead atoms. The van der Waals surface area contributed by atoms with Crippen LogP contribution < -0.4 is 16.4 Å². The van der Waals surface area contributed by atoms with Gasteiger partial charge >= 0.3 is 0 Å². The zero-order valence-electron chi connectivity index (χ0n) is 11.3. The molecule has 110 valence electrons. The first-order valence-corrected chi connectivity index (χ1v) is 7.02. The Labute approximate surface area is 125 Å². The Morgan fingerprint density at radius 1 is 1.33 bits per heavy atom. The van der Waals surface area contributed by atoms with Gasteiger partial charge in [-0.1, -0.05) is 0 Å². The fraction of sp³-hybridized carbons (Fsp3) is 0.143. The van der Waals surface area contributed by atoms with Crippen molar-refractivity contribution >= 4 is 34.5 Å². The molecule has 0 aliphatic carbocycles. The van der Waals surface area contributed by atoms with Crippen molar-refractivity contribution in [3.63, 3.8) is 0 Å². The van der Waals surface area contributed by atoms with E-state index in [9.17, 15) is 14.0 Å². The molecule has 0 spiro atoms. The molecule has 2 aromatic rings. The van der Waals surface area contributed by atoms with Gasteiger partial charge in [0.2, 0.25) is 5.91 Å². The Balaban J connectivity index is 2.10. The number of hydrogen-bond acceptors (Lipinski definition) is 4. The molecule has 0 unspecified atom stereocenters. The number of thiophene rings is 1. The van der Waals surface area contributed by atoms with Gasteiger partial charge in [-0.2, -0.15) is 0 Å². The molecule has 21 heavy (non-hydrogen) atoms. The van der Waals surface area contributed by atoms with E-state index in [0.29, 0.717) is 12.2 Å². The first-order valence-electron chi connectivity index (χ1n) is 6.14. The maximum Gasteiger partial charge on any atom is 0.251 e. The molecular formula is C14H14FN3O2S. The van der Waals surface area contributed by atoms with Crippen molar-refractivity contribution in [2.24, 2.45) is 5.73 Å². The Morgan fingerprint density at radius 2 is 2.10 bits per heavy atom. The monoisotopic (exact) mass is 307 g/mol. The molecular weight excluding hydrogens is 293 g/mol. The van der Waals surface area contributed by atoms with Gasteiger partial charge in [-0.15, -0.1) is 11.3 Å². The quantitative estimate of drug-likeness (QED) is 0.793. The van der Waals surface area contributed by atoms with E-state index >= 15 is 0 Å². The predicted octanol–water partition coefficient (Wildman–Crippen LogP) is 2.56. The van der Waals surface area contributed by atoms with E-state index in [0.717, 1.165) is 10.6 Å². The van der Waals surface area contributed by atoms with E-state index in [-0.39, 0.29) is 11.5 Å². The van der Waals surface area contributed by atoms with Crippen LogP contribution in [0.3, 0.4) is 0 Å². The number of nitrogens with one attached hydrogen (secondary N) is 2. The summed E-state index contributed by atoms with van der Waals surface area (Å²) in [5.41, 5.74) is 6.25. The largest absolute Gasteiger partial charge is 0.380 e. The Hall–Kier alpha value is -2.41. The van der Waals surface area contributed by atoms with Crippen LogP contribution in [0, 0.1) is 5.82 Å². The van der Waals surface area contributed by atoms with Crippen molar-refractivity contribution in [1.82, 2.24) is 0 Å². The second kappa shape index (κ2) is 6.36. The summed E-state index contributed by atoms with van der Waals surface area (Å²) in [6, 6.07) is 5.88. The zero-order valence-corrected chi connectivity index (χ0v) is 12.1. The zero-order chi connectivity index (χ0) is 15.4. The topological polar surface area (TPSA) is 84.2 Å². The summed E-state index contributed by atoms with van der Waals surface area (Å²) >= 11 is 1.48. The van der Waals surface area contributed by atoms with Gasteiger partial charge in [-0.05, 0) is 29.6 Å². The summed E-state index contributed by atoms with van der Waals surface area (Å²) in [6.07, 6.45) is 0. The third-order valence-electron chi connectivity index (χ3n) is 2.74. The number of primary amides is 1. The number of hydrogen-bond donors (Lipinski definition) is 3. The Kier molecular flexibility index (Phi) is 4.54. The van der Waals surface area contributed by atoms with Gasteiger partial charge in [0.1, 0.15) is 5.82 Å². The van der Waals surface area contributed by atoms with Crippen LogP contribution in [0.4, 0.5) is 15.8 Å². The molecule has 4 N–H and O–H groups in total. The third kappa shape index (κ3) is 3.79. The fourth-order valence-corrected chi connectivity index (χ4v) is 2.55. The average Bonchev–Trinajstić information content (AvgIpc) is 2.84. The van der Waals surface area contributed by atoms with E-state index in [1.165, 1.54) is 36.5 Å². The number of benzene rings is 1. The van der Waals surface area contributed by atoms with Gasteiger partial charge in [-0.25, -0.2) is 4.39 Å². The van der Waals surface area contributed by atoms with Gasteiger partial charge in [0.05, 0.1) is 17.8 Å². The molecule has 2 amide bonds. The molecule has 0 radical (unpaired) electrons. The molecule has 0 saturated heterocycles. The van der Waals surface area contributed by atoms with E-state index in [1.54, 1.807) is 0 Å². The highest BCUT2D eigenvalue weighted by Gasteiger charge is 2.10. The molecule has 0 aliphatic rings. The molecule has 0 fully saturated rings. The number of amides is 2. The van der Waals surface area contributed by atoms with Crippen molar-refractivity contribution in [2.75, 3.05) is 10.6 Å². The molecule has 1 aromatic heterocycles. The van der Waals surface area contributed by atoms with Crippen molar-refractivity contribution in [3.05, 3.63) is 45.9 Å². The van der Waals surface area contributed by atoms with Crippen LogP contribution in [0.25, 0.3) is 0 Å². The Bertz CT molecular complexity index is 685. The van der Waals surface area contributed by atoms with E-state index in [1.807, 2.05) is 11.4 Å². The SMILES string of the molecule is CC(=O)Nc1ccsc1CNc1ccc(F)c(C(N)=O)c1. The average molecular weight is 307 g/mol. The third-order valence-corrected chi connectivity index (χ3v) is 3.66. The van der Waals surface area contributed by atoms with Crippen molar-refractivity contribution < 1.29 is 14.0 Å². The number of rotatable bonds is 5. The number of carbonyl (C=O) groups is 2. The van der Waals surface area contributed by atoms with Gasteiger partial charge < -0.3 is 16.4 Å². The number of nitrogens with two attached hydrogens (primary N) is 1. The highest BCUT2D eigenvalue weighted by Crippen LogP contribution is 2.24. The number of carbonyl (C=O) groups excluding carboxylic acids is 2. The van der Waals surface area contributed by atoms with Crippen molar-refractivity contribution in [1.29, 1.82) is 0 Å². The molecule has 5 nitrogen and oxygen atoms in total. The fourth-order valence-electron chi connectivity index (χ4n) is 1.78. The number of anilines is 2. The molecule has 1 aromatic carbocycles. The minimum absolute atomic E-state index is 0.146. The lowest BCUT2D eigenvalue weighted by atomic mass is 10.2. The summed E-state index contributed by atoms with van der Waals surface area (Å²) in [6.45, 7) is 1.88. The van der Waals surface area contributed by atoms with Crippen LogP contribution >= 0.6 is 11.3 Å². The Morgan fingerprint density at radius 3 is 2.76 bits per heavy atom. The van der Waals surface area contributed by atoms with Crippen LogP contribution in [0.1, 0.15) is 22.2 Å². The van der Waals surface area contributed by atoms with Gasteiger partial charge in [0.15, 0.2) is 0 Å². The lowest BCUT2D eigenvalue weighted by Crippen LogP contribution is -2.13. The highest BCUT2D eigenvalue weighted by molar-refractivity contribution is 7.10. The van der Waals surface area contributed by atoms with Gasteiger partial charge in [0, 0.05) is 17.5 Å². The first-order chi connectivity index (χ1) is 9.97. The smallest absolute Gasteiger partial charge is 0.251 e. The standard InChI is InChI=1S/C14H14FN3O2S/c1-8(19)18-12-4-5-21-13(12)7-17-9-2-3-11(15)10(6-9)14(16)20/h2-6,17H,7H2,1H3,(H2,16,20)(H,18,19). The molecule has 0 saturated carbocycles. The summed E-state index contributed by atoms with van der Waals surface area (Å²) in [7, 11) is 0. The van der Waals surface area contributed by atoms with Crippen molar-refractivity contribution in [2.45, 2.75) is 13.5 Å². The van der Waals surface area contributed by atoms with E-state index in [4.69, 9.17) is 5.73 Å². The highest BCUT2D eigenvalue weighted by atomic mass is 32.1. The summed E-state index contributed by atoms with van der Waals surface area (Å²) < 4.78 is 13.4. The first kappa shape index (κ1) is 15.0. The normalized spacial score (nSPS) is 10.2. The van der Waals surface area contributed by atoms with Crippen LogP contribution in [0.5, 0.6) is 0 Å². The maximum absolute atomic E-state index is 13.4. The van der Waals surface area contributed by atoms with Crippen LogP contribution in [-0.4, -0.2) is 11.8 Å². The number of halogens is 1. The van der Waals surface area contributed by atoms with E-state index in [2.05, 4.69) is 10.6 Å². The lowest BCUT2D eigenvalue weighted by molar-refractivity contribution is -0.114. The maximum atomic E-state index is 13.4. The minimum Gasteiger partial charge on any atom is -0.380 e. The minimum atomic E-state index is -0.814. The van der Waals surface area contributed by atoms with Gasteiger partial charge in [-0.3, -0.25) is 9.59 Å². The van der Waals surface area contributed by atoms with Gasteiger partial charge in [0.25, 0.3) is 5.91 Å². The molecule has 0 atom stereocenters. The molecule has 2 rings (SSSR count). The van der Waals surface area contributed by atoms with Crippen LogP contribution in [-0.2, 0) is 11.3 Å². The second-order valence-corrected chi connectivity index (χ2v) is 5.35. The van der Waals surface area contributed by atoms with Crippen LogP contribution in [0.2, 0.25) is 0 Å². The molecule has 1 heterocycles. The summed E-state index contributed by atoms with van der Waals surface area (Å²) in [5.74, 6) is -1.61. The second-order valence-electron chi connectivity index (χ2n) is 4.35. The van der Waals surface area contributed by atoms with E-state index < -0.39 is 11.7 Å². The summed E-state index contributed by atoms with van der Waals surface area (Å²) in [5, 5.41) is 7.66. The lowest BCUT2D eigenvalue weighted by Gasteiger charge is -2.09. The molecule has 0 aliphatic heterocycles. The van der Waals surface area contributed by atoms with Crippen LogP contribution in [0.15, 0.2) is 29.6 Å².